The third-order valence-electron chi connectivity index (χ3n) is 6.70. The summed E-state index contributed by atoms with van der Waals surface area (Å²) in [6, 6.07) is 8.39. The van der Waals surface area contributed by atoms with Crippen LogP contribution in [0.1, 0.15) is 43.6 Å². The molecule has 7 nitrogen and oxygen atoms in total. The molecule has 1 aliphatic carbocycles. The summed E-state index contributed by atoms with van der Waals surface area (Å²) in [6.45, 7) is 2.84. The number of rotatable bonds is 3. The number of fused-ring (bicyclic) bond motifs is 1. The van der Waals surface area contributed by atoms with Gasteiger partial charge in [0.15, 0.2) is 0 Å². The molecule has 3 heterocycles. The molecule has 0 unspecified atom stereocenters. The minimum atomic E-state index is -0.0927. The molecule has 156 valence electrons. The van der Waals surface area contributed by atoms with Crippen molar-refractivity contribution in [2.24, 2.45) is 0 Å². The summed E-state index contributed by atoms with van der Waals surface area (Å²) < 4.78 is 11.6. The molecular formula is C22H29N3O4. The molecule has 1 aromatic carbocycles. The number of nitrogens with one attached hydrogen (secondary N) is 1. The molecule has 1 saturated carbocycles. The van der Waals surface area contributed by atoms with Gasteiger partial charge in [0.1, 0.15) is 12.4 Å². The van der Waals surface area contributed by atoms with Crippen molar-refractivity contribution in [2.75, 3.05) is 32.8 Å². The first-order valence-corrected chi connectivity index (χ1v) is 10.9. The highest BCUT2D eigenvalue weighted by molar-refractivity contribution is 5.79. The van der Waals surface area contributed by atoms with Crippen molar-refractivity contribution < 1.29 is 19.1 Å². The van der Waals surface area contributed by atoms with Gasteiger partial charge < -0.3 is 24.6 Å². The average Bonchev–Trinajstić information content (AvgIpc) is 3.20. The predicted octanol–water partition coefficient (Wildman–Crippen LogP) is 2.12. The van der Waals surface area contributed by atoms with Crippen LogP contribution in [0.25, 0.3) is 0 Å². The predicted molar refractivity (Wildman–Crippen MR) is 107 cm³/mol. The summed E-state index contributed by atoms with van der Waals surface area (Å²) in [4.78, 5) is 28.2. The van der Waals surface area contributed by atoms with Gasteiger partial charge in [0, 0.05) is 32.1 Å². The molecule has 5 rings (SSSR count). The van der Waals surface area contributed by atoms with E-state index in [1.165, 1.54) is 18.4 Å². The average molecular weight is 399 g/mol. The van der Waals surface area contributed by atoms with Gasteiger partial charge in [-0.3, -0.25) is 4.79 Å². The van der Waals surface area contributed by atoms with Gasteiger partial charge in [0.2, 0.25) is 5.91 Å². The van der Waals surface area contributed by atoms with Crippen LogP contribution in [-0.2, 0) is 9.53 Å². The molecule has 2 atom stereocenters. The normalized spacial score (nSPS) is 27.9. The number of carbonyl (C=O) groups is 2. The first-order valence-electron chi connectivity index (χ1n) is 10.9. The molecule has 1 N–H and O–H groups in total. The van der Waals surface area contributed by atoms with Gasteiger partial charge in [-0.1, -0.05) is 12.1 Å². The van der Waals surface area contributed by atoms with E-state index < -0.39 is 0 Å². The Hall–Kier alpha value is -2.28. The lowest BCUT2D eigenvalue weighted by molar-refractivity contribution is -0.139. The lowest BCUT2D eigenvalue weighted by Crippen LogP contribution is -2.63. The largest absolute Gasteiger partial charge is 0.490 e. The van der Waals surface area contributed by atoms with Crippen molar-refractivity contribution in [1.82, 2.24) is 15.1 Å². The summed E-state index contributed by atoms with van der Waals surface area (Å²) in [7, 11) is 0. The van der Waals surface area contributed by atoms with Crippen LogP contribution in [0.4, 0.5) is 4.79 Å². The van der Waals surface area contributed by atoms with Crippen LogP contribution in [0.15, 0.2) is 24.3 Å². The molecule has 0 radical (unpaired) electrons. The number of morpholine rings is 1. The van der Waals surface area contributed by atoms with Gasteiger partial charge in [-0.15, -0.1) is 0 Å². The van der Waals surface area contributed by atoms with Gasteiger partial charge in [-0.2, -0.15) is 0 Å². The second-order valence-electron chi connectivity index (χ2n) is 8.74. The fourth-order valence-corrected chi connectivity index (χ4v) is 4.94. The molecule has 0 bridgehead atoms. The molecule has 3 amide bonds. The maximum absolute atomic E-state index is 12.8. The zero-order chi connectivity index (χ0) is 19.8. The van der Waals surface area contributed by atoms with Crippen LogP contribution in [0, 0.1) is 0 Å². The monoisotopic (exact) mass is 399 g/mol. The Kier molecular flexibility index (Phi) is 5.08. The molecule has 0 aromatic heterocycles. The Morgan fingerprint density at radius 3 is 2.55 bits per heavy atom. The summed E-state index contributed by atoms with van der Waals surface area (Å²) in [6.07, 6.45) is 6.05. The van der Waals surface area contributed by atoms with Crippen LogP contribution in [0.5, 0.6) is 5.75 Å². The second kappa shape index (κ2) is 7.86. The van der Waals surface area contributed by atoms with Crippen molar-refractivity contribution in [2.45, 2.75) is 56.3 Å². The molecule has 0 spiro atoms. The lowest BCUT2D eigenvalue weighted by Gasteiger charge is -2.46. The SMILES string of the molecule is O=C1CO[C@H]2CCN(C(=O)N3CC(c4ccc(OC5CCCC5)cc4)C3)C[C@H]2N1. The van der Waals surface area contributed by atoms with Crippen molar-refractivity contribution >= 4 is 11.9 Å². The van der Waals surface area contributed by atoms with Gasteiger partial charge in [0.25, 0.3) is 0 Å². The van der Waals surface area contributed by atoms with Gasteiger partial charge in [-0.25, -0.2) is 4.79 Å². The summed E-state index contributed by atoms with van der Waals surface area (Å²) in [5, 5.41) is 2.96. The highest BCUT2D eigenvalue weighted by Crippen LogP contribution is 2.31. The van der Waals surface area contributed by atoms with E-state index in [4.69, 9.17) is 9.47 Å². The Morgan fingerprint density at radius 2 is 1.79 bits per heavy atom. The van der Waals surface area contributed by atoms with Gasteiger partial charge >= 0.3 is 6.03 Å². The second-order valence-corrected chi connectivity index (χ2v) is 8.74. The number of likely N-dealkylation sites (tertiary alicyclic amines) is 2. The van der Waals surface area contributed by atoms with Crippen LogP contribution < -0.4 is 10.1 Å². The van der Waals surface area contributed by atoms with E-state index in [1.54, 1.807) is 0 Å². The van der Waals surface area contributed by atoms with Gasteiger partial charge in [-0.05, 0) is 49.8 Å². The van der Waals surface area contributed by atoms with E-state index >= 15 is 0 Å². The van der Waals surface area contributed by atoms with Crippen LogP contribution in [0.3, 0.4) is 0 Å². The van der Waals surface area contributed by atoms with Crippen molar-refractivity contribution in [1.29, 1.82) is 0 Å². The van der Waals surface area contributed by atoms with Crippen LogP contribution in [0.2, 0.25) is 0 Å². The standard InChI is InChI=1S/C22H29N3O4/c26-21-14-28-20-9-10-24(13-19(20)23-21)22(27)25-11-16(12-25)15-5-7-18(8-6-15)29-17-3-1-2-4-17/h5-8,16-17,19-20H,1-4,9-14H2,(H,23,26)/t19-,20+/m1/s1. The first kappa shape index (κ1) is 18.7. The first-order chi connectivity index (χ1) is 14.2. The number of benzene rings is 1. The number of ether oxygens (including phenoxy) is 2. The minimum absolute atomic E-state index is 0.0332. The van der Waals surface area contributed by atoms with E-state index in [-0.39, 0.29) is 30.7 Å². The van der Waals surface area contributed by atoms with E-state index in [9.17, 15) is 9.59 Å². The zero-order valence-electron chi connectivity index (χ0n) is 16.7. The Balaban J connectivity index is 1.12. The number of urea groups is 1. The lowest BCUT2D eigenvalue weighted by atomic mass is 9.91. The number of piperidine rings is 1. The Labute approximate surface area is 171 Å². The molecule has 4 fully saturated rings. The number of hydrogen-bond donors (Lipinski definition) is 1. The summed E-state index contributed by atoms with van der Waals surface area (Å²) in [5.74, 6) is 1.24. The van der Waals surface area contributed by atoms with Crippen molar-refractivity contribution in [3.63, 3.8) is 0 Å². The molecule has 1 aromatic rings. The zero-order valence-corrected chi connectivity index (χ0v) is 16.7. The topological polar surface area (TPSA) is 71.1 Å². The van der Waals surface area contributed by atoms with E-state index in [2.05, 4.69) is 29.6 Å². The molecule has 4 aliphatic rings. The van der Waals surface area contributed by atoms with E-state index in [0.29, 0.717) is 25.1 Å². The Bertz CT molecular complexity index is 756. The highest BCUT2D eigenvalue weighted by atomic mass is 16.5. The Morgan fingerprint density at radius 1 is 1.03 bits per heavy atom. The molecule has 3 aliphatic heterocycles. The summed E-state index contributed by atoms with van der Waals surface area (Å²) >= 11 is 0. The molecular weight excluding hydrogens is 370 g/mol. The van der Waals surface area contributed by atoms with Gasteiger partial charge in [0.05, 0.1) is 18.2 Å². The third-order valence-corrected chi connectivity index (χ3v) is 6.70. The summed E-state index contributed by atoms with van der Waals surface area (Å²) in [5.41, 5.74) is 1.26. The third kappa shape index (κ3) is 3.92. The highest BCUT2D eigenvalue weighted by Gasteiger charge is 2.40. The molecule has 3 saturated heterocycles. The van der Waals surface area contributed by atoms with E-state index in [1.807, 2.05) is 9.80 Å². The maximum atomic E-state index is 12.8. The minimum Gasteiger partial charge on any atom is -0.490 e. The molecule has 7 heteroatoms. The smallest absolute Gasteiger partial charge is 0.320 e. The van der Waals surface area contributed by atoms with Crippen molar-refractivity contribution in [3.8, 4) is 5.75 Å². The fourth-order valence-electron chi connectivity index (χ4n) is 4.94. The fraction of sp³-hybridized carbons (Fsp3) is 0.636. The van der Waals surface area contributed by atoms with Crippen LogP contribution >= 0.6 is 0 Å². The van der Waals surface area contributed by atoms with Crippen LogP contribution in [-0.4, -0.2) is 72.8 Å². The number of hydrogen-bond acceptors (Lipinski definition) is 4. The number of nitrogens with zero attached hydrogens (tertiary/aromatic N) is 2. The quantitative estimate of drug-likeness (QED) is 0.845. The number of amides is 3. The molecule has 29 heavy (non-hydrogen) atoms. The maximum Gasteiger partial charge on any atom is 0.320 e. The number of carbonyl (C=O) groups excluding carboxylic acids is 2. The van der Waals surface area contributed by atoms with Crippen molar-refractivity contribution in [3.05, 3.63) is 29.8 Å². The van der Waals surface area contributed by atoms with E-state index in [0.717, 1.165) is 38.1 Å².